The van der Waals surface area contributed by atoms with Crippen molar-refractivity contribution in [2.75, 3.05) is 19.1 Å². The van der Waals surface area contributed by atoms with E-state index in [2.05, 4.69) is 31.7 Å². The van der Waals surface area contributed by atoms with Crippen LogP contribution in [-0.2, 0) is 9.53 Å². The second kappa shape index (κ2) is 5.58. The van der Waals surface area contributed by atoms with E-state index < -0.39 is 0 Å². The average Bonchev–Trinajstić information content (AvgIpc) is 2.44. The molecule has 0 aliphatic carbocycles. The third kappa shape index (κ3) is 2.59. The van der Waals surface area contributed by atoms with E-state index in [1.807, 2.05) is 19.1 Å². The summed E-state index contributed by atoms with van der Waals surface area (Å²) in [6.45, 7) is 8.44. The van der Waals surface area contributed by atoms with E-state index in [0.717, 1.165) is 17.9 Å². The quantitative estimate of drug-likeness (QED) is 0.801. The maximum atomic E-state index is 12.1. The van der Waals surface area contributed by atoms with Gasteiger partial charge < -0.3 is 14.4 Å². The minimum Gasteiger partial charge on any atom is -0.495 e. The number of para-hydroxylation sites is 1. The van der Waals surface area contributed by atoms with Gasteiger partial charge in [-0.25, -0.2) is 4.79 Å². The summed E-state index contributed by atoms with van der Waals surface area (Å²) in [6, 6.07) is 5.72. The van der Waals surface area contributed by atoms with Gasteiger partial charge in [0.2, 0.25) is 0 Å². The predicted octanol–water partition coefficient (Wildman–Crippen LogP) is 3.35. The first-order valence-electron chi connectivity index (χ1n) is 7.37. The Morgan fingerprint density at radius 3 is 2.62 bits per heavy atom. The Labute approximate surface area is 127 Å². The van der Waals surface area contributed by atoms with Crippen LogP contribution in [0, 0.1) is 0 Å². The molecule has 0 radical (unpaired) electrons. The number of methoxy groups -OCH3 is 2. The van der Waals surface area contributed by atoms with Crippen LogP contribution in [0.1, 0.15) is 45.6 Å². The minimum atomic E-state index is -0.354. The largest absolute Gasteiger partial charge is 0.495 e. The third-order valence-corrected chi connectivity index (χ3v) is 4.41. The maximum Gasteiger partial charge on any atom is 0.328 e. The highest BCUT2D eigenvalue weighted by atomic mass is 16.5. The Kier molecular flexibility index (Phi) is 4.17. The highest BCUT2D eigenvalue weighted by Gasteiger charge is 2.42. The van der Waals surface area contributed by atoms with Crippen LogP contribution < -0.4 is 9.64 Å². The lowest BCUT2D eigenvalue weighted by atomic mass is 9.79. The van der Waals surface area contributed by atoms with Gasteiger partial charge in [-0.15, -0.1) is 0 Å². The molecular weight excluding hydrogens is 266 g/mol. The predicted molar refractivity (Wildman–Crippen MR) is 84.1 cm³/mol. The van der Waals surface area contributed by atoms with Crippen LogP contribution in [0.15, 0.2) is 18.2 Å². The lowest BCUT2D eigenvalue weighted by Gasteiger charge is -2.49. The van der Waals surface area contributed by atoms with Crippen molar-refractivity contribution in [2.24, 2.45) is 0 Å². The number of carbonyl (C=O) groups is 1. The number of nitrogens with zero attached hydrogens (tertiary/aromatic N) is 1. The molecule has 0 fully saturated rings. The van der Waals surface area contributed by atoms with E-state index >= 15 is 0 Å². The van der Waals surface area contributed by atoms with Gasteiger partial charge in [-0.1, -0.05) is 19.1 Å². The number of hydrogen-bond acceptors (Lipinski definition) is 4. The van der Waals surface area contributed by atoms with Crippen molar-refractivity contribution in [3.63, 3.8) is 0 Å². The van der Waals surface area contributed by atoms with Crippen molar-refractivity contribution in [1.29, 1.82) is 0 Å². The first-order chi connectivity index (χ1) is 9.83. The SMILES string of the molecule is COC(=O)[C@@H](C)N1c2c(OC)cccc2[C@H](C)CC1(C)C. The first kappa shape index (κ1) is 15.7. The standard InChI is InChI=1S/C17H25NO3/c1-11-10-17(3,4)18(12(2)16(19)21-6)15-13(11)8-7-9-14(15)20-5/h7-9,11-12H,10H2,1-6H3/t11-,12-/m1/s1. The molecule has 0 N–H and O–H groups in total. The van der Waals surface area contributed by atoms with Gasteiger partial charge >= 0.3 is 5.97 Å². The lowest BCUT2D eigenvalue weighted by Crippen LogP contribution is -2.55. The Morgan fingerprint density at radius 2 is 2.05 bits per heavy atom. The molecule has 2 atom stereocenters. The van der Waals surface area contributed by atoms with Gasteiger partial charge in [-0.05, 0) is 44.7 Å². The van der Waals surface area contributed by atoms with Gasteiger partial charge in [0, 0.05) is 5.54 Å². The summed E-state index contributed by atoms with van der Waals surface area (Å²) in [6.07, 6.45) is 0.981. The van der Waals surface area contributed by atoms with Gasteiger partial charge in [0.05, 0.1) is 19.9 Å². The fourth-order valence-corrected chi connectivity index (χ4v) is 3.61. The van der Waals surface area contributed by atoms with Crippen LogP contribution in [0.5, 0.6) is 5.75 Å². The molecule has 4 heteroatoms. The minimum absolute atomic E-state index is 0.144. The van der Waals surface area contributed by atoms with E-state index in [9.17, 15) is 4.79 Å². The molecule has 1 heterocycles. The molecule has 0 bridgehead atoms. The summed E-state index contributed by atoms with van der Waals surface area (Å²) < 4.78 is 10.5. The zero-order valence-electron chi connectivity index (χ0n) is 13.8. The monoisotopic (exact) mass is 291 g/mol. The highest BCUT2D eigenvalue weighted by molar-refractivity contribution is 5.83. The summed E-state index contributed by atoms with van der Waals surface area (Å²) >= 11 is 0. The number of anilines is 1. The molecule has 1 aromatic carbocycles. The van der Waals surface area contributed by atoms with Crippen molar-refractivity contribution in [3.8, 4) is 5.75 Å². The van der Waals surface area contributed by atoms with Gasteiger partial charge in [-0.2, -0.15) is 0 Å². The molecule has 0 saturated heterocycles. The van der Waals surface area contributed by atoms with Crippen molar-refractivity contribution in [1.82, 2.24) is 0 Å². The van der Waals surface area contributed by atoms with E-state index in [-0.39, 0.29) is 17.6 Å². The fraction of sp³-hybridized carbons (Fsp3) is 0.588. The molecular formula is C17H25NO3. The summed E-state index contributed by atoms with van der Waals surface area (Å²) in [5.41, 5.74) is 2.10. The van der Waals surface area contributed by atoms with E-state index in [1.54, 1.807) is 7.11 Å². The number of rotatable bonds is 3. The smallest absolute Gasteiger partial charge is 0.328 e. The fourth-order valence-electron chi connectivity index (χ4n) is 3.61. The summed E-state index contributed by atoms with van der Waals surface area (Å²) in [5.74, 6) is 1.00. The van der Waals surface area contributed by atoms with Crippen molar-refractivity contribution >= 4 is 11.7 Å². The van der Waals surface area contributed by atoms with Crippen LogP contribution >= 0.6 is 0 Å². The van der Waals surface area contributed by atoms with E-state index in [0.29, 0.717) is 5.92 Å². The van der Waals surface area contributed by atoms with Crippen LogP contribution in [0.3, 0.4) is 0 Å². The zero-order chi connectivity index (χ0) is 15.8. The van der Waals surface area contributed by atoms with Gasteiger partial charge in [0.1, 0.15) is 11.8 Å². The lowest BCUT2D eigenvalue weighted by molar-refractivity contribution is -0.142. The molecule has 21 heavy (non-hydrogen) atoms. The molecule has 2 rings (SSSR count). The Morgan fingerprint density at radius 1 is 1.38 bits per heavy atom. The number of carbonyl (C=O) groups excluding carboxylic acids is 1. The highest BCUT2D eigenvalue weighted by Crippen LogP contribution is 2.48. The third-order valence-electron chi connectivity index (χ3n) is 4.41. The van der Waals surface area contributed by atoms with Crippen LogP contribution in [0.2, 0.25) is 0 Å². The number of ether oxygens (including phenoxy) is 2. The molecule has 1 aromatic rings. The molecule has 116 valence electrons. The molecule has 0 aromatic heterocycles. The Balaban J connectivity index is 2.63. The van der Waals surface area contributed by atoms with Crippen molar-refractivity contribution < 1.29 is 14.3 Å². The number of hydrogen-bond donors (Lipinski definition) is 0. The number of benzene rings is 1. The van der Waals surface area contributed by atoms with Gasteiger partial charge in [-0.3, -0.25) is 0 Å². The van der Waals surface area contributed by atoms with Crippen molar-refractivity contribution in [3.05, 3.63) is 23.8 Å². The number of esters is 1. The topological polar surface area (TPSA) is 38.8 Å². The second-order valence-corrected chi connectivity index (χ2v) is 6.38. The zero-order valence-corrected chi connectivity index (χ0v) is 13.8. The molecule has 1 aliphatic heterocycles. The summed E-state index contributed by atoms with van der Waals surface area (Å²) in [5, 5.41) is 0. The maximum absolute atomic E-state index is 12.1. The van der Waals surface area contributed by atoms with Crippen LogP contribution in [-0.4, -0.2) is 31.8 Å². The molecule has 0 spiro atoms. The first-order valence-corrected chi connectivity index (χ1v) is 7.37. The second-order valence-electron chi connectivity index (χ2n) is 6.38. The summed E-state index contributed by atoms with van der Waals surface area (Å²) in [4.78, 5) is 14.2. The molecule has 4 nitrogen and oxygen atoms in total. The Hall–Kier alpha value is -1.71. The van der Waals surface area contributed by atoms with Crippen molar-refractivity contribution in [2.45, 2.75) is 51.6 Å². The molecule has 0 saturated carbocycles. The van der Waals surface area contributed by atoms with Gasteiger partial charge in [0.15, 0.2) is 0 Å². The molecule has 0 amide bonds. The Bertz CT molecular complexity index is 539. The molecule has 1 aliphatic rings. The van der Waals surface area contributed by atoms with Crippen LogP contribution in [0.4, 0.5) is 5.69 Å². The van der Waals surface area contributed by atoms with E-state index in [1.165, 1.54) is 12.7 Å². The average molecular weight is 291 g/mol. The van der Waals surface area contributed by atoms with Crippen LogP contribution in [0.25, 0.3) is 0 Å². The normalized spacial score (nSPS) is 21.4. The van der Waals surface area contributed by atoms with E-state index in [4.69, 9.17) is 9.47 Å². The number of fused-ring (bicyclic) bond motifs is 1. The summed E-state index contributed by atoms with van der Waals surface area (Å²) in [7, 11) is 3.10. The van der Waals surface area contributed by atoms with Gasteiger partial charge in [0.25, 0.3) is 0 Å². The molecule has 0 unspecified atom stereocenters.